The van der Waals surface area contributed by atoms with Gasteiger partial charge in [-0.3, -0.25) is 14.9 Å². The Hall–Kier alpha value is -2.05. The standard InChI is InChI=1S/C11H12F2N2O3/c1-2-3-4-14-11(16)7-5-8(12)9(13)6-10(7)15(17)18/h5-6H,2-4H2,1H3,(H,14,16). The number of carbonyl (C=O) groups excluding carboxylic acids is 1. The van der Waals surface area contributed by atoms with Gasteiger partial charge in [-0.15, -0.1) is 0 Å². The van der Waals surface area contributed by atoms with Crippen molar-refractivity contribution < 1.29 is 18.5 Å². The van der Waals surface area contributed by atoms with Crippen LogP contribution in [-0.2, 0) is 0 Å². The normalized spacial score (nSPS) is 10.2. The van der Waals surface area contributed by atoms with Gasteiger partial charge in [0.1, 0.15) is 5.56 Å². The van der Waals surface area contributed by atoms with Crippen molar-refractivity contribution in [3.8, 4) is 0 Å². The average molecular weight is 258 g/mol. The lowest BCUT2D eigenvalue weighted by Crippen LogP contribution is -2.25. The van der Waals surface area contributed by atoms with E-state index in [9.17, 15) is 23.7 Å². The molecule has 0 atom stereocenters. The number of hydrogen-bond donors (Lipinski definition) is 1. The number of halogens is 2. The van der Waals surface area contributed by atoms with Crippen LogP contribution in [0.5, 0.6) is 0 Å². The van der Waals surface area contributed by atoms with Gasteiger partial charge >= 0.3 is 0 Å². The molecule has 1 aromatic carbocycles. The molecular weight excluding hydrogens is 246 g/mol. The fourth-order valence-electron chi connectivity index (χ4n) is 1.34. The molecule has 0 unspecified atom stereocenters. The Balaban J connectivity index is 3.02. The molecule has 0 heterocycles. The second-order valence-corrected chi connectivity index (χ2v) is 3.65. The van der Waals surface area contributed by atoms with Crippen LogP contribution >= 0.6 is 0 Å². The van der Waals surface area contributed by atoms with Gasteiger partial charge in [-0.05, 0) is 12.5 Å². The second kappa shape index (κ2) is 6.04. The van der Waals surface area contributed by atoms with Gasteiger partial charge in [0, 0.05) is 6.54 Å². The summed E-state index contributed by atoms with van der Waals surface area (Å²) in [7, 11) is 0. The van der Waals surface area contributed by atoms with E-state index in [0.29, 0.717) is 25.1 Å². The van der Waals surface area contributed by atoms with Crippen molar-refractivity contribution in [2.75, 3.05) is 6.54 Å². The molecule has 0 aliphatic heterocycles. The van der Waals surface area contributed by atoms with Gasteiger partial charge in [-0.1, -0.05) is 13.3 Å². The van der Waals surface area contributed by atoms with Crippen molar-refractivity contribution >= 4 is 11.6 Å². The first-order valence-electron chi connectivity index (χ1n) is 5.39. The number of hydrogen-bond acceptors (Lipinski definition) is 3. The van der Waals surface area contributed by atoms with Crippen molar-refractivity contribution in [3.05, 3.63) is 39.4 Å². The molecule has 1 N–H and O–H groups in total. The molecule has 0 aliphatic carbocycles. The van der Waals surface area contributed by atoms with Crippen LogP contribution in [0, 0.1) is 21.7 Å². The molecule has 7 heteroatoms. The fourth-order valence-corrected chi connectivity index (χ4v) is 1.34. The molecule has 0 saturated carbocycles. The largest absolute Gasteiger partial charge is 0.352 e. The molecule has 0 aromatic heterocycles. The van der Waals surface area contributed by atoms with Gasteiger partial charge in [-0.2, -0.15) is 0 Å². The van der Waals surface area contributed by atoms with E-state index in [1.165, 1.54) is 0 Å². The molecule has 0 bridgehead atoms. The highest BCUT2D eigenvalue weighted by atomic mass is 19.2. The SMILES string of the molecule is CCCCNC(=O)c1cc(F)c(F)cc1[N+](=O)[O-]. The lowest BCUT2D eigenvalue weighted by molar-refractivity contribution is -0.385. The maximum atomic E-state index is 13.0. The van der Waals surface area contributed by atoms with E-state index >= 15 is 0 Å². The number of amides is 1. The fraction of sp³-hybridized carbons (Fsp3) is 0.364. The van der Waals surface area contributed by atoms with Crippen molar-refractivity contribution in [2.24, 2.45) is 0 Å². The van der Waals surface area contributed by atoms with Crippen molar-refractivity contribution in [2.45, 2.75) is 19.8 Å². The molecule has 0 radical (unpaired) electrons. The summed E-state index contributed by atoms with van der Waals surface area (Å²) >= 11 is 0. The number of benzene rings is 1. The van der Waals surface area contributed by atoms with Crippen LogP contribution in [0.1, 0.15) is 30.1 Å². The minimum atomic E-state index is -1.35. The molecule has 0 fully saturated rings. The van der Waals surface area contributed by atoms with Crippen molar-refractivity contribution in [1.82, 2.24) is 5.32 Å². The smallest absolute Gasteiger partial charge is 0.285 e. The highest BCUT2D eigenvalue weighted by Gasteiger charge is 2.23. The number of nitrogens with zero attached hydrogens (tertiary/aromatic N) is 1. The first kappa shape index (κ1) is 14.0. The molecule has 1 amide bonds. The van der Waals surface area contributed by atoms with E-state index in [4.69, 9.17) is 0 Å². The zero-order chi connectivity index (χ0) is 13.7. The van der Waals surface area contributed by atoms with Crippen molar-refractivity contribution in [1.29, 1.82) is 0 Å². The van der Waals surface area contributed by atoms with Gasteiger partial charge in [0.25, 0.3) is 11.6 Å². The minimum Gasteiger partial charge on any atom is -0.352 e. The van der Waals surface area contributed by atoms with Gasteiger partial charge in [0.2, 0.25) is 0 Å². The number of nitrogens with one attached hydrogen (secondary N) is 1. The third kappa shape index (κ3) is 3.22. The van der Waals surface area contributed by atoms with Gasteiger partial charge < -0.3 is 5.32 Å². The summed E-state index contributed by atoms with van der Waals surface area (Å²) in [5, 5.41) is 13.1. The van der Waals surface area contributed by atoms with E-state index in [1.54, 1.807) is 0 Å². The Labute approximate surface area is 102 Å². The third-order valence-corrected chi connectivity index (χ3v) is 2.30. The van der Waals surface area contributed by atoms with Crippen LogP contribution < -0.4 is 5.32 Å². The first-order valence-corrected chi connectivity index (χ1v) is 5.39. The predicted octanol–water partition coefficient (Wildman–Crippen LogP) is 2.40. The summed E-state index contributed by atoms with van der Waals surface area (Å²) < 4.78 is 25.9. The number of nitro groups is 1. The summed E-state index contributed by atoms with van der Waals surface area (Å²) in [6, 6.07) is 0.943. The lowest BCUT2D eigenvalue weighted by atomic mass is 10.1. The molecule has 0 spiro atoms. The minimum absolute atomic E-state index is 0.325. The predicted molar refractivity (Wildman–Crippen MR) is 60.3 cm³/mol. The number of nitro benzene ring substituents is 1. The van der Waals surface area contributed by atoms with E-state index in [2.05, 4.69) is 5.32 Å². The zero-order valence-electron chi connectivity index (χ0n) is 9.70. The number of unbranched alkanes of at least 4 members (excludes halogenated alkanes) is 1. The van der Waals surface area contributed by atoms with E-state index in [0.717, 1.165) is 6.42 Å². The highest BCUT2D eigenvalue weighted by Crippen LogP contribution is 2.22. The molecule has 5 nitrogen and oxygen atoms in total. The van der Waals surface area contributed by atoms with E-state index in [1.807, 2.05) is 6.92 Å². The summed E-state index contributed by atoms with van der Waals surface area (Å²) in [5.41, 5.74) is -1.22. The maximum Gasteiger partial charge on any atom is 0.285 e. The summed E-state index contributed by atoms with van der Waals surface area (Å²) in [5.74, 6) is -3.43. The Bertz CT molecular complexity index is 478. The summed E-state index contributed by atoms with van der Waals surface area (Å²) in [4.78, 5) is 21.3. The average Bonchev–Trinajstić information content (AvgIpc) is 2.32. The topological polar surface area (TPSA) is 72.2 Å². The number of carbonyl (C=O) groups is 1. The quantitative estimate of drug-likeness (QED) is 0.500. The Kier molecular flexibility index (Phi) is 4.70. The highest BCUT2D eigenvalue weighted by molar-refractivity contribution is 5.98. The monoisotopic (exact) mass is 258 g/mol. The van der Waals surface area contributed by atoms with Crippen LogP contribution in [0.25, 0.3) is 0 Å². The summed E-state index contributed by atoms with van der Waals surface area (Å²) in [6.07, 6.45) is 1.53. The van der Waals surface area contributed by atoms with Crippen LogP contribution in [0.2, 0.25) is 0 Å². The molecular formula is C11H12F2N2O3. The van der Waals surface area contributed by atoms with Crippen molar-refractivity contribution in [3.63, 3.8) is 0 Å². The molecule has 98 valence electrons. The molecule has 1 aromatic rings. The molecule has 0 aliphatic rings. The second-order valence-electron chi connectivity index (χ2n) is 3.65. The Morgan fingerprint density at radius 1 is 1.39 bits per heavy atom. The van der Waals surface area contributed by atoms with Crippen LogP contribution in [-0.4, -0.2) is 17.4 Å². The molecule has 1 rings (SSSR count). The lowest BCUT2D eigenvalue weighted by Gasteiger charge is -2.05. The maximum absolute atomic E-state index is 13.0. The molecule has 0 saturated heterocycles. The van der Waals surface area contributed by atoms with Gasteiger partial charge in [-0.25, -0.2) is 8.78 Å². The summed E-state index contributed by atoms with van der Waals surface area (Å²) in [6.45, 7) is 2.23. The molecule has 18 heavy (non-hydrogen) atoms. The Morgan fingerprint density at radius 2 is 2.00 bits per heavy atom. The van der Waals surface area contributed by atoms with Crippen LogP contribution in [0.15, 0.2) is 12.1 Å². The van der Waals surface area contributed by atoms with E-state index < -0.39 is 33.7 Å². The van der Waals surface area contributed by atoms with Crippen LogP contribution in [0.4, 0.5) is 14.5 Å². The third-order valence-electron chi connectivity index (χ3n) is 2.30. The number of rotatable bonds is 5. The van der Waals surface area contributed by atoms with Crippen LogP contribution in [0.3, 0.4) is 0 Å². The first-order chi connectivity index (χ1) is 8.47. The Morgan fingerprint density at radius 3 is 2.56 bits per heavy atom. The van der Waals surface area contributed by atoms with E-state index in [-0.39, 0.29) is 0 Å². The zero-order valence-corrected chi connectivity index (χ0v) is 9.70. The van der Waals surface area contributed by atoms with Gasteiger partial charge in [0.15, 0.2) is 11.6 Å². The van der Waals surface area contributed by atoms with Gasteiger partial charge in [0.05, 0.1) is 11.0 Å².